The number of nitrogens with one attached hydrogen (secondary N) is 1. The SMILES string of the molecule is CCC(COC)NC(C)c1ncc(Br)s1. The maximum Gasteiger partial charge on any atom is 0.110 e. The lowest BCUT2D eigenvalue weighted by molar-refractivity contribution is 0.159. The molecule has 0 radical (unpaired) electrons. The monoisotopic (exact) mass is 292 g/mol. The van der Waals surface area contributed by atoms with Crippen molar-refractivity contribution in [3.05, 3.63) is 15.0 Å². The first-order valence-corrected chi connectivity index (χ1v) is 6.64. The summed E-state index contributed by atoms with van der Waals surface area (Å²) in [7, 11) is 1.73. The molecule has 1 aromatic rings. The first-order chi connectivity index (χ1) is 7.17. The van der Waals surface area contributed by atoms with E-state index in [0.717, 1.165) is 21.8 Å². The number of thiazole rings is 1. The van der Waals surface area contributed by atoms with E-state index < -0.39 is 0 Å². The summed E-state index contributed by atoms with van der Waals surface area (Å²) in [5, 5.41) is 4.61. The number of ether oxygens (including phenoxy) is 1. The molecular formula is C10H17BrN2OS. The van der Waals surface area contributed by atoms with Crippen molar-refractivity contribution >= 4 is 27.3 Å². The van der Waals surface area contributed by atoms with Crippen molar-refractivity contribution in [1.82, 2.24) is 10.3 Å². The molecule has 0 aliphatic carbocycles. The van der Waals surface area contributed by atoms with Crippen LogP contribution in [-0.2, 0) is 4.74 Å². The largest absolute Gasteiger partial charge is 0.383 e. The van der Waals surface area contributed by atoms with Crippen LogP contribution in [0.5, 0.6) is 0 Å². The van der Waals surface area contributed by atoms with E-state index in [9.17, 15) is 0 Å². The van der Waals surface area contributed by atoms with Crippen LogP contribution in [0.15, 0.2) is 9.98 Å². The molecule has 0 amide bonds. The van der Waals surface area contributed by atoms with Crippen molar-refractivity contribution in [3.63, 3.8) is 0 Å². The maximum absolute atomic E-state index is 5.15. The van der Waals surface area contributed by atoms with Gasteiger partial charge in [0.05, 0.1) is 22.6 Å². The Kier molecular flexibility index (Phi) is 5.74. The van der Waals surface area contributed by atoms with Gasteiger partial charge in [0.1, 0.15) is 5.01 Å². The van der Waals surface area contributed by atoms with Gasteiger partial charge in [-0.05, 0) is 29.3 Å². The molecule has 0 saturated heterocycles. The molecule has 0 fully saturated rings. The lowest BCUT2D eigenvalue weighted by atomic mass is 10.2. The number of hydrogen-bond acceptors (Lipinski definition) is 4. The third-order valence-electron chi connectivity index (χ3n) is 2.21. The third-order valence-corrected chi connectivity index (χ3v) is 3.87. The van der Waals surface area contributed by atoms with Crippen LogP contribution < -0.4 is 5.32 Å². The van der Waals surface area contributed by atoms with Gasteiger partial charge in [-0.2, -0.15) is 0 Å². The summed E-state index contributed by atoms with van der Waals surface area (Å²) in [6, 6.07) is 0.675. The fourth-order valence-electron chi connectivity index (χ4n) is 1.38. The zero-order valence-electron chi connectivity index (χ0n) is 9.29. The molecular weight excluding hydrogens is 276 g/mol. The van der Waals surface area contributed by atoms with Gasteiger partial charge in [0, 0.05) is 13.2 Å². The average molecular weight is 293 g/mol. The molecule has 86 valence electrons. The quantitative estimate of drug-likeness (QED) is 0.875. The van der Waals surface area contributed by atoms with Crippen LogP contribution in [0, 0.1) is 0 Å². The highest BCUT2D eigenvalue weighted by atomic mass is 79.9. The lowest BCUT2D eigenvalue weighted by Gasteiger charge is -2.20. The zero-order chi connectivity index (χ0) is 11.3. The summed E-state index contributed by atoms with van der Waals surface area (Å²) in [4.78, 5) is 4.33. The highest BCUT2D eigenvalue weighted by Crippen LogP contribution is 2.24. The Morgan fingerprint density at radius 3 is 2.87 bits per heavy atom. The van der Waals surface area contributed by atoms with E-state index >= 15 is 0 Å². The Balaban J connectivity index is 2.50. The predicted molar refractivity (Wildman–Crippen MR) is 67.3 cm³/mol. The van der Waals surface area contributed by atoms with Crippen molar-refractivity contribution in [2.45, 2.75) is 32.4 Å². The Bertz CT molecular complexity index is 293. The number of halogens is 1. The summed E-state index contributed by atoms with van der Waals surface area (Å²) < 4.78 is 6.22. The minimum Gasteiger partial charge on any atom is -0.383 e. The molecule has 0 saturated carbocycles. The topological polar surface area (TPSA) is 34.1 Å². The summed E-state index contributed by atoms with van der Waals surface area (Å²) >= 11 is 5.09. The van der Waals surface area contributed by atoms with Crippen LogP contribution in [-0.4, -0.2) is 24.7 Å². The van der Waals surface area contributed by atoms with Crippen molar-refractivity contribution in [2.24, 2.45) is 0 Å². The second kappa shape index (κ2) is 6.58. The highest BCUT2D eigenvalue weighted by molar-refractivity contribution is 9.11. The van der Waals surface area contributed by atoms with Crippen molar-refractivity contribution in [1.29, 1.82) is 0 Å². The molecule has 2 unspecified atom stereocenters. The van der Waals surface area contributed by atoms with Crippen molar-refractivity contribution < 1.29 is 4.74 Å². The molecule has 0 aromatic carbocycles. The Morgan fingerprint density at radius 2 is 2.40 bits per heavy atom. The maximum atomic E-state index is 5.15. The first kappa shape index (κ1) is 13.1. The molecule has 0 aliphatic heterocycles. The van der Waals surface area contributed by atoms with E-state index in [4.69, 9.17) is 4.74 Å². The van der Waals surface area contributed by atoms with Crippen LogP contribution in [0.2, 0.25) is 0 Å². The van der Waals surface area contributed by atoms with Crippen LogP contribution in [0.4, 0.5) is 0 Å². The van der Waals surface area contributed by atoms with Crippen LogP contribution >= 0.6 is 27.3 Å². The van der Waals surface area contributed by atoms with Crippen LogP contribution in [0.3, 0.4) is 0 Å². The van der Waals surface area contributed by atoms with Crippen molar-refractivity contribution in [2.75, 3.05) is 13.7 Å². The molecule has 5 heteroatoms. The molecule has 3 nitrogen and oxygen atoms in total. The number of nitrogens with zero attached hydrogens (tertiary/aromatic N) is 1. The van der Waals surface area contributed by atoms with Gasteiger partial charge < -0.3 is 10.1 Å². The van der Waals surface area contributed by atoms with Gasteiger partial charge >= 0.3 is 0 Å². The molecule has 0 bridgehead atoms. The smallest absolute Gasteiger partial charge is 0.110 e. The van der Waals surface area contributed by atoms with E-state index in [1.807, 2.05) is 6.20 Å². The molecule has 15 heavy (non-hydrogen) atoms. The number of rotatable bonds is 6. The Hall–Kier alpha value is 0.0300. The fraction of sp³-hybridized carbons (Fsp3) is 0.700. The molecule has 1 heterocycles. The normalized spacial score (nSPS) is 15.2. The van der Waals surface area contributed by atoms with E-state index in [0.29, 0.717) is 6.04 Å². The summed E-state index contributed by atoms with van der Waals surface area (Å²) in [5.74, 6) is 0. The highest BCUT2D eigenvalue weighted by Gasteiger charge is 2.14. The minimum absolute atomic E-state index is 0.279. The summed E-state index contributed by atoms with van der Waals surface area (Å²) in [6.07, 6.45) is 2.90. The molecule has 0 spiro atoms. The molecule has 1 aromatic heterocycles. The summed E-state index contributed by atoms with van der Waals surface area (Å²) in [5.41, 5.74) is 0. The molecule has 1 N–H and O–H groups in total. The number of methoxy groups -OCH3 is 1. The van der Waals surface area contributed by atoms with Crippen LogP contribution in [0.25, 0.3) is 0 Å². The second-order valence-electron chi connectivity index (χ2n) is 3.45. The van der Waals surface area contributed by atoms with E-state index in [2.05, 4.69) is 40.1 Å². The van der Waals surface area contributed by atoms with E-state index in [1.54, 1.807) is 18.4 Å². The standard InChI is InChI=1S/C10H17BrN2OS/c1-4-8(6-14-3)13-7(2)10-12-5-9(11)15-10/h5,7-8,13H,4,6H2,1-3H3. The Morgan fingerprint density at radius 1 is 1.67 bits per heavy atom. The van der Waals surface area contributed by atoms with Gasteiger partial charge in [-0.25, -0.2) is 4.98 Å². The van der Waals surface area contributed by atoms with E-state index in [1.165, 1.54) is 0 Å². The van der Waals surface area contributed by atoms with Crippen molar-refractivity contribution in [3.8, 4) is 0 Å². The Labute approximate surface area is 103 Å². The fourth-order valence-corrected chi connectivity index (χ4v) is 2.63. The first-order valence-electron chi connectivity index (χ1n) is 5.03. The van der Waals surface area contributed by atoms with Gasteiger partial charge in [-0.15, -0.1) is 11.3 Å². The second-order valence-corrected chi connectivity index (χ2v) is 5.89. The summed E-state index contributed by atoms with van der Waals surface area (Å²) in [6.45, 7) is 5.03. The molecule has 0 aliphatic rings. The molecule has 2 atom stereocenters. The van der Waals surface area contributed by atoms with E-state index in [-0.39, 0.29) is 6.04 Å². The van der Waals surface area contributed by atoms with Gasteiger partial charge in [0.15, 0.2) is 0 Å². The average Bonchev–Trinajstić information content (AvgIpc) is 2.64. The van der Waals surface area contributed by atoms with Gasteiger partial charge in [-0.3, -0.25) is 0 Å². The zero-order valence-corrected chi connectivity index (χ0v) is 11.7. The lowest BCUT2D eigenvalue weighted by Crippen LogP contribution is -2.34. The van der Waals surface area contributed by atoms with Gasteiger partial charge in [-0.1, -0.05) is 6.92 Å². The van der Waals surface area contributed by atoms with Crippen LogP contribution in [0.1, 0.15) is 31.3 Å². The third kappa shape index (κ3) is 4.18. The predicted octanol–water partition coefficient (Wildman–Crippen LogP) is 2.98. The number of aromatic nitrogens is 1. The molecule has 1 rings (SSSR count). The van der Waals surface area contributed by atoms with Gasteiger partial charge in [0.25, 0.3) is 0 Å². The minimum atomic E-state index is 0.279. The van der Waals surface area contributed by atoms with Gasteiger partial charge in [0.2, 0.25) is 0 Å². The number of hydrogen-bond donors (Lipinski definition) is 1.